The Morgan fingerprint density at radius 3 is 2.42 bits per heavy atom. The minimum atomic E-state index is -3.98. The van der Waals surface area contributed by atoms with E-state index in [-0.39, 0.29) is 59.2 Å². The minimum Gasteiger partial charge on any atom is -0.497 e. The molecule has 4 atom stereocenters. The first-order valence-electron chi connectivity index (χ1n) is 17.2. The molecule has 48 heavy (non-hydrogen) atoms. The maximum Gasteiger partial charge on any atom is 0.261 e. The van der Waals surface area contributed by atoms with Gasteiger partial charge in [0.2, 0.25) is 5.91 Å². The fraction of sp³-hybridized carbons (Fsp3) is 0.611. The largest absolute Gasteiger partial charge is 0.497 e. The number of rotatable bonds is 9. The van der Waals surface area contributed by atoms with Crippen molar-refractivity contribution in [2.45, 2.75) is 95.3 Å². The Hall–Kier alpha value is -3.35. The minimum absolute atomic E-state index is 0.0411. The lowest BCUT2D eigenvalue weighted by molar-refractivity contribution is -0.137. The highest BCUT2D eigenvalue weighted by atomic mass is 32.2. The number of methoxy groups -OCH3 is 1. The lowest BCUT2D eigenvalue weighted by Gasteiger charge is -2.36. The second-order valence-electron chi connectivity index (χ2n) is 13.3. The molecule has 266 valence electrons. The number of ether oxygens (including phenoxy) is 3. The fourth-order valence-electron chi connectivity index (χ4n) is 6.44. The van der Waals surface area contributed by atoms with Gasteiger partial charge in [-0.05, 0) is 88.4 Å². The van der Waals surface area contributed by atoms with Gasteiger partial charge in [0.25, 0.3) is 15.9 Å². The van der Waals surface area contributed by atoms with E-state index in [0.717, 1.165) is 44.9 Å². The molecule has 1 aliphatic carbocycles. The van der Waals surface area contributed by atoms with Crippen LogP contribution in [0.2, 0.25) is 0 Å². The number of nitrogens with one attached hydrogen (secondary N) is 1. The van der Waals surface area contributed by atoms with Gasteiger partial charge < -0.3 is 29.1 Å². The zero-order chi connectivity index (χ0) is 34.8. The van der Waals surface area contributed by atoms with Crippen LogP contribution in [0.4, 0.5) is 5.69 Å². The third kappa shape index (κ3) is 9.85. The van der Waals surface area contributed by atoms with Gasteiger partial charge in [-0.15, -0.1) is 0 Å². The van der Waals surface area contributed by atoms with Crippen LogP contribution in [0, 0.1) is 11.8 Å². The average molecular weight is 688 g/mol. The maximum atomic E-state index is 14.4. The van der Waals surface area contributed by atoms with Gasteiger partial charge in [-0.3, -0.25) is 14.3 Å². The van der Waals surface area contributed by atoms with Gasteiger partial charge in [0, 0.05) is 44.3 Å². The molecule has 0 aromatic heterocycles. The lowest BCUT2D eigenvalue weighted by atomic mass is 9.88. The standard InChI is InChI=1S/C36H53N3O8S/c1-25-22-39(26(2)24-40)36(42)32-21-29(37-48(43,44)31-17-15-30(45-5)16-18-31)14-19-33(32)47-27(3)11-9-10-20-46-34(25)23-38(4)35(41)28-12-7-6-8-13-28/h14-19,21,25-28,34,37,40H,6-13,20,22-24H2,1-5H3/t25-,26+,27-,34-/m0/s1. The van der Waals surface area contributed by atoms with Crippen LogP contribution in [-0.4, -0.2) is 93.8 Å². The highest BCUT2D eigenvalue weighted by Crippen LogP contribution is 2.30. The Balaban J connectivity index is 1.63. The van der Waals surface area contributed by atoms with Crippen LogP contribution in [0.5, 0.6) is 11.5 Å². The van der Waals surface area contributed by atoms with Crippen molar-refractivity contribution < 1.29 is 37.3 Å². The number of amides is 2. The zero-order valence-electron chi connectivity index (χ0n) is 29.0. The third-order valence-corrected chi connectivity index (χ3v) is 10.9. The second-order valence-corrected chi connectivity index (χ2v) is 15.0. The summed E-state index contributed by atoms with van der Waals surface area (Å²) in [5.41, 5.74) is 0.382. The first-order chi connectivity index (χ1) is 22.9. The molecule has 2 amide bonds. The molecule has 12 heteroatoms. The quantitative estimate of drug-likeness (QED) is 0.362. The number of likely N-dealkylation sites (N-methyl/N-ethyl adjacent to an activating group) is 1. The van der Waals surface area contributed by atoms with Crippen molar-refractivity contribution in [1.29, 1.82) is 0 Å². The molecule has 1 saturated carbocycles. The molecule has 0 spiro atoms. The SMILES string of the molecule is COc1ccc(S(=O)(=O)Nc2ccc3c(c2)C(=O)N([C@H](C)CO)C[C@H](C)[C@H](CN(C)C(=O)C2CCCCC2)OCCCC[C@H](C)O3)cc1. The first kappa shape index (κ1) is 37.5. The topological polar surface area (TPSA) is 135 Å². The number of anilines is 1. The van der Waals surface area contributed by atoms with Crippen molar-refractivity contribution in [1.82, 2.24) is 9.80 Å². The van der Waals surface area contributed by atoms with Gasteiger partial charge in [0.1, 0.15) is 11.5 Å². The number of carbonyl (C=O) groups excluding carboxylic acids is 2. The number of aliphatic hydroxyl groups is 1. The van der Waals surface area contributed by atoms with Gasteiger partial charge in [-0.1, -0.05) is 26.2 Å². The lowest BCUT2D eigenvalue weighted by Crippen LogP contribution is -2.48. The van der Waals surface area contributed by atoms with E-state index in [1.54, 1.807) is 41.0 Å². The molecule has 0 unspecified atom stereocenters. The Labute approximate surface area is 286 Å². The van der Waals surface area contributed by atoms with Crippen LogP contribution in [0.15, 0.2) is 47.4 Å². The van der Waals surface area contributed by atoms with Crippen LogP contribution in [0.3, 0.4) is 0 Å². The predicted molar refractivity (Wildman–Crippen MR) is 185 cm³/mol. The molecule has 1 heterocycles. The number of carbonyl (C=O) groups is 2. The molecule has 11 nitrogen and oxygen atoms in total. The van der Waals surface area contributed by atoms with E-state index in [1.807, 2.05) is 20.9 Å². The highest BCUT2D eigenvalue weighted by Gasteiger charge is 2.32. The van der Waals surface area contributed by atoms with E-state index in [1.165, 1.54) is 31.7 Å². The molecule has 1 fully saturated rings. The summed E-state index contributed by atoms with van der Waals surface area (Å²) in [6.45, 7) is 6.59. The number of fused-ring (bicyclic) bond motifs is 1. The van der Waals surface area contributed by atoms with Crippen LogP contribution in [0.25, 0.3) is 0 Å². The number of benzene rings is 2. The first-order valence-corrected chi connectivity index (χ1v) is 18.7. The third-order valence-electron chi connectivity index (χ3n) is 9.46. The summed E-state index contributed by atoms with van der Waals surface area (Å²) in [5, 5.41) is 10.2. The van der Waals surface area contributed by atoms with E-state index in [0.29, 0.717) is 24.7 Å². The van der Waals surface area contributed by atoms with Crippen LogP contribution >= 0.6 is 0 Å². The van der Waals surface area contributed by atoms with Crippen molar-refractivity contribution >= 4 is 27.5 Å². The molecule has 2 aliphatic rings. The molecule has 2 N–H and O–H groups in total. The molecule has 0 radical (unpaired) electrons. The maximum absolute atomic E-state index is 14.4. The molecule has 2 aromatic rings. The Morgan fingerprint density at radius 2 is 1.75 bits per heavy atom. The fourth-order valence-corrected chi connectivity index (χ4v) is 7.49. The van der Waals surface area contributed by atoms with Gasteiger partial charge in [0.15, 0.2) is 0 Å². The highest BCUT2D eigenvalue weighted by molar-refractivity contribution is 7.92. The molecular weight excluding hydrogens is 634 g/mol. The summed E-state index contributed by atoms with van der Waals surface area (Å²) in [4.78, 5) is 31.2. The number of sulfonamides is 1. The molecule has 0 bridgehead atoms. The van der Waals surface area contributed by atoms with Crippen molar-refractivity contribution in [3.8, 4) is 11.5 Å². The van der Waals surface area contributed by atoms with Crippen LogP contribution < -0.4 is 14.2 Å². The Bertz CT molecular complexity index is 1460. The number of hydrogen-bond donors (Lipinski definition) is 2. The van der Waals surface area contributed by atoms with E-state index in [9.17, 15) is 23.1 Å². The monoisotopic (exact) mass is 687 g/mol. The van der Waals surface area contributed by atoms with Crippen LogP contribution in [-0.2, 0) is 19.6 Å². The van der Waals surface area contributed by atoms with Gasteiger partial charge in [-0.25, -0.2) is 8.42 Å². The average Bonchev–Trinajstić information content (AvgIpc) is 3.09. The smallest absolute Gasteiger partial charge is 0.261 e. The van der Waals surface area contributed by atoms with Crippen LogP contribution in [0.1, 0.15) is 82.5 Å². The summed E-state index contributed by atoms with van der Waals surface area (Å²) in [6.07, 6.45) is 6.97. The molecule has 1 aliphatic heterocycles. The summed E-state index contributed by atoms with van der Waals surface area (Å²) in [5.74, 6) is 0.460. The van der Waals surface area contributed by atoms with Crippen molar-refractivity contribution in [3.63, 3.8) is 0 Å². The summed E-state index contributed by atoms with van der Waals surface area (Å²) >= 11 is 0. The van der Waals surface area contributed by atoms with Crippen molar-refractivity contribution in [2.24, 2.45) is 11.8 Å². The number of hydrogen-bond acceptors (Lipinski definition) is 8. The van der Waals surface area contributed by atoms with Crippen molar-refractivity contribution in [3.05, 3.63) is 48.0 Å². The molecular formula is C36H53N3O8S. The molecule has 2 aromatic carbocycles. The summed E-state index contributed by atoms with van der Waals surface area (Å²) in [6, 6.07) is 10.1. The summed E-state index contributed by atoms with van der Waals surface area (Å²) in [7, 11) is -0.642. The van der Waals surface area contributed by atoms with E-state index in [2.05, 4.69) is 4.72 Å². The van der Waals surface area contributed by atoms with Gasteiger partial charge in [-0.2, -0.15) is 0 Å². The molecule has 0 saturated heterocycles. The zero-order valence-corrected chi connectivity index (χ0v) is 29.8. The van der Waals surface area contributed by atoms with E-state index >= 15 is 0 Å². The second kappa shape index (κ2) is 17.3. The molecule has 4 rings (SSSR count). The summed E-state index contributed by atoms with van der Waals surface area (Å²) < 4.78 is 46.9. The van der Waals surface area contributed by atoms with E-state index in [4.69, 9.17) is 14.2 Å². The number of aliphatic hydroxyl groups excluding tert-OH is 1. The Morgan fingerprint density at radius 1 is 1.06 bits per heavy atom. The van der Waals surface area contributed by atoms with Gasteiger partial charge >= 0.3 is 0 Å². The normalized spacial score (nSPS) is 22.5. The van der Waals surface area contributed by atoms with E-state index < -0.39 is 22.0 Å². The number of nitrogens with zero attached hydrogens (tertiary/aromatic N) is 2. The van der Waals surface area contributed by atoms with Crippen molar-refractivity contribution in [2.75, 3.05) is 45.2 Å². The Kier molecular flexibility index (Phi) is 13.5. The van der Waals surface area contributed by atoms with Gasteiger partial charge in [0.05, 0.1) is 42.4 Å². The predicted octanol–water partition coefficient (Wildman–Crippen LogP) is 5.33.